The van der Waals surface area contributed by atoms with Crippen LogP contribution < -0.4 is 10.5 Å². The van der Waals surface area contributed by atoms with Gasteiger partial charge >= 0.3 is 0 Å². The maximum absolute atomic E-state index is 8.91. The van der Waals surface area contributed by atoms with Crippen LogP contribution in [0.1, 0.15) is 45.2 Å². The first-order chi connectivity index (χ1) is 8.85. The van der Waals surface area contributed by atoms with E-state index in [0.717, 1.165) is 18.4 Å². The third-order valence-corrected chi connectivity index (χ3v) is 3.28. The highest BCUT2D eigenvalue weighted by atomic mass is 35.5. The number of ether oxygens (including phenoxy) is 1. The molecule has 0 fully saturated rings. The first-order valence-electron chi connectivity index (χ1n) is 6.45. The summed E-state index contributed by atoms with van der Waals surface area (Å²) >= 11 is 6.14. The van der Waals surface area contributed by atoms with Gasteiger partial charge in [-0.05, 0) is 51.3 Å². The largest absolute Gasteiger partial charge is 0.492 e. The highest BCUT2D eigenvalue weighted by Crippen LogP contribution is 2.28. The summed E-state index contributed by atoms with van der Waals surface area (Å²) in [4.78, 5) is 0. The number of hydrogen-bond donors (Lipinski definition) is 1. The summed E-state index contributed by atoms with van der Waals surface area (Å²) in [6.07, 6.45) is 1.63. The third-order valence-electron chi connectivity index (χ3n) is 2.99. The molecule has 0 amide bonds. The van der Waals surface area contributed by atoms with E-state index in [4.69, 9.17) is 27.3 Å². The van der Waals surface area contributed by atoms with Gasteiger partial charge < -0.3 is 10.5 Å². The Morgan fingerprint density at radius 1 is 1.47 bits per heavy atom. The monoisotopic (exact) mass is 280 g/mol. The summed E-state index contributed by atoms with van der Waals surface area (Å²) in [7, 11) is 0. The van der Waals surface area contributed by atoms with Crippen molar-refractivity contribution in [3.8, 4) is 11.8 Å². The molecule has 0 unspecified atom stereocenters. The van der Waals surface area contributed by atoms with Crippen molar-refractivity contribution in [1.29, 1.82) is 5.26 Å². The molecule has 2 N–H and O–H groups in total. The molecule has 3 nitrogen and oxygen atoms in total. The Bertz CT molecular complexity index is 464. The Morgan fingerprint density at radius 3 is 2.68 bits per heavy atom. The zero-order chi connectivity index (χ0) is 14.5. The number of nitriles is 1. The van der Waals surface area contributed by atoms with E-state index in [1.807, 2.05) is 39.0 Å². The normalized spacial score (nSPS) is 12.8. The molecule has 19 heavy (non-hydrogen) atoms. The van der Waals surface area contributed by atoms with E-state index in [1.54, 1.807) is 0 Å². The number of nitrogens with zero attached hydrogens (tertiary/aromatic N) is 1. The van der Waals surface area contributed by atoms with E-state index in [2.05, 4.69) is 6.07 Å². The summed E-state index contributed by atoms with van der Waals surface area (Å²) < 4.78 is 5.63. The van der Waals surface area contributed by atoms with Gasteiger partial charge in [0.25, 0.3) is 0 Å². The molecule has 0 heterocycles. The summed E-state index contributed by atoms with van der Waals surface area (Å²) in [5.74, 6) is 0.667. The molecule has 4 heteroatoms. The average Bonchev–Trinajstić information content (AvgIpc) is 2.36. The Labute approximate surface area is 120 Å². The molecule has 0 aliphatic rings. The van der Waals surface area contributed by atoms with Gasteiger partial charge in [0.15, 0.2) is 0 Å². The fraction of sp³-hybridized carbons (Fsp3) is 0.533. The van der Waals surface area contributed by atoms with Crippen LogP contribution in [-0.4, -0.2) is 6.61 Å². The van der Waals surface area contributed by atoms with Crippen molar-refractivity contribution >= 4 is 11.6 Å². The van der Waals surface area contributed by atoms with Crippen LogP contribution in [0.5, 0.6) is 5.75 Å². The molecule has 1 rings (SSSR count). The summed E-state index contributed by atoms with van der Waals surface area (Å²) in [5, 5.41) is 9.49. The lowest BCUT2D eigenvalue weighted by molar-refractivity contribution is 0.284. The molecule has 0 bridgehead atoms. The lowest BCUT2D eigenvalue weighted by atomic mass is 9.90. The fourth-order valence-corrected chi connectivity index (χ4v) is 1.91. The van der Waals surface area contributed by atoms with Crippen LogP contribution in [0.2, 0.25) is 5.02 Å². The van der Waals surface area contributed by atoms with E-state index in [-0.39, 0.29) is 11.5 Å². The van der Waals surface area contributed by atoms with Crippen LogP contribution in [0.25, 0.3) is 0 Å². The van der Waals surface area contributed by atoms with E-state index in [0.29, 0.717) is 17.4 Å². The predicted octanol–water partition coefficient (Wildman–Crippen LogP) is 4.07. The highest BCUT2D eigenvalue weighted by Gasteiger charge is 2.15. The highest BCUT2D eigenvalue weighted by molar-refractivity contribution is 6.32. The number of rotatable bonds is 6. The summed E-state index contributed by atoms with van der Waals surface area (Å²) in [5.41, 5.74) is 6.48. The SMILES string of the molecule is C[C@H](N)c1ccc(OCCCC(C)(C)C#N)c(Cl)c1. The zero-order valence-corrected chi connectivity index (χ0v) is 12.5. The van der Waals surface area contributed by atoms with Crippen LogP contribution in [0.15, 0.2) is 18.2 Å². The molecule has 0 radical (unpaired) electrons. The van der Waals surface area contributed by atoms with Gasteiger partial charge in [0.05, 0.1) is 23.1 Å². The van der Waals surface area contributed by atoms with Crippen LogP contribution >= 0.6 is 11.6 Å². The number of halogens is 1. The first-order valence-corrected chi connectivity index (χ1v) is 6.82. The number of nitrogens with two attached hydrogens (primary N) is 1. The molecule has 0 aliphatic heterocycles. The van der Waals surface area contributed by atoms with Crippen molar-refractivity contribution in [2.24, 2.45) is 11.1 Å². The maximum Gasteiger partial charge on any atom is 0.137 e. The van der Waals surface area contributed by atoms with Crippen molar-refractivity contribution in [3.05, 3.63) is 28.8 Å². The third kappa shape index (κ3) is 5.10. The van der Waals surface area contributed by atoms with Crippen molar-refractivity contribution in [1.82, 2.24) is 0 Å². The minimum Gasteiger partial charge on any atom is -0.492 e. The molecule has 0 spiro atoms. The van der Waals surface area contributed by atoms with E-state index < -0.39 is 0 Å². The quantitative estimate of drug-likeness (QED) is 0.799. The predicted molar refractivity (Wildman–Crippen MR) is 78.2 cm³/mol. The molecule has 1 atom stereocenters. The Kier molecular flexibility index (Phi) is 5.65. The van der Waals surface area contributed by atoms with Crippen LogP contribution in [-0.2, 0) is 0 Å². The smallest absolute Gasteiger partial charge is 0.137 e. The number of benzene rings is 1. The second-order valence-corrected chi connectivity index (χ2v) is 5.83. The van der Waals surface area contributed by atoms with Gasteiger partial charge in [-0.1, -0.05) is 17.7 Å². The molecular formula is C15H21ClN2O. The van der Waals surface area contributed by atoms with Crippen molar-refractivity contribution in [2.75, 3.05) is 6.61 Å². The van der Waals surface area contributed by atoms with E-state index >= 15 is 0 Å². The van der Waals surface area contributed by atoms with Gasteiger partial charge in [0, 0.05) is 6.04 Å². The molecule has 104 valence electrons. The topological polar surface area (TPSA) is 59.0 Å². The Morgan fingerprint density at radius 2 is 2.16 bits per heavy atom. The van der Waals surface area contributed by atoms with E-state index in [1.165, 1.54) is 0 Å². The standard InChI is InChI=1S/C15H21ClN2O/c1-11(18)12-5-6-14(13(16)9-12)19-8-4-7-15(2,3)10-17/h5-6,9,11H,4,7-8,18H2,1-3H3/t11-/m0/s1. The molecule has 0 aliphatic carbocycles. The zero-order valence-electron chi connectivity index (χ0n) is 11.7. The molecule has 0 saturated carbocycles. The van der Waals surface area contributed by atoms with Gasteiger partial charge in [-0.3, -0.25) is 0 Å². The molecule has 0 aromatic heterocycles. The molecule has 0 saturated heterocycles. The molecule has 1 aromatic carbocycles. The second kappa shape index (κ2) is 6.79. The van der Waals surface area contributed by atoms with Crippen molar-refractivity contribution in [3.63, 3.8) is 0 Å². The van der Waals surface area contributed by atoms with Gasteiger partial charge in [-0.15, -0.1) is 0 Å². The van der Waals surface area contributed by atoms with Gasteiger partial charge in [0.1, 0.15) is 5.75 Å². The van der Waals surface area contributed by atoms with Gasteiger partial charge in [-0.2, -0.15) is 5.26 Å². The average molecular weight is 281 g/mol. The molecular weight excluding hydrogens is 260 g/mol. The van der Waals surface area contributed by atoms with Crippen LogP contribution in [0, 0.1) is 16.7 Å². The Balaban J connectivity index is 2.49. The minimum atomic E-state index is -0.300. The van der Waals surface area contributed by atoms with Gasteiger partial charge in [0.2, 0.25) is 0 Å². The summed E-state index contributed by atoms with van der Waals surface area (Å²) in [6, 6.07) is 7.84. The van der Waals surface area contributed by atoms with Crippen molar-refractivity contribution in [2.45, 2.75) is 39.7 Å². The summed E-state index contributed by atoms with van der Waals surface area (Å²) in [6.45, 7) is 6.33. The van der Waals surface area contributed by atoms with Crippen LogP contribution in [0.3, 0.4) is 0 Å². The Hall–Kier alpha value is -1.24. The fourth-order valence-electron chi connectivity index (χ4n) is 1.67. The van der Waals surface area contributed by atoms with Crippen molar-refractivity contribution < 1.29 is 4.74 Å². The maximum atomic E-state index is 8.91. The first kappa shape index (κ1) is 15.8. The minimum absolute atomic E-state index is 0.0389. The number of hydrogen-bond acceptors (Lipinski definition) is 3. The molecule has 1 aromatic rings. The second-order valence-electron chi connectivity index (χ2n) is 5.43. The van der Waals surface area contributed by atoms with Crippen LogP contribution in [0.4, 0.5) is 0 Å². The van der Waals surface area contributed by atoms with Gasteiger partial charge in [-0.25, -0.2) is 0 Å². The van der Waals surface area contributed by atoms with E-state index in [9.17, 15) is 0 Å². The lowest BCUT2D eigenvalue weighted by Crippen LogP contribution is -2.10. The lowest BCUT2D eigenvalue weighted by Gasteiger charge is -2.15.